The zero-order valence-corrected chi connectivity index (χ0v) is 23.0. The Balaban J connectivity index is 1.57. The molecule has 1 amide bonds. The fourth-order valence-corrected chi connectivity index (χ4v) is 6.61. The van der Waals surface area contributed by atoms with Crippen LogP contribution in [0.25, 0.3) is 0 Å². The third-order valence-electron chi connectivity index (χ3n) is 6.07. The molecule has 3 aromatic carbocycles. The molecule has 2 aliphatic rings. The largest absolute Gasteiger partial charge is 0.494 e. The number of ether oxygens (including phenoxy) is 1. The first-order valence-corrected chi connectivity index (χ1v) is 14.0. The van der Waals surface area contributed by atoms with Gasteiger partial charge < -0.3 is 15.0 Å². The number of benzene rings is 3. The van der Waals surface area contributed by atoms with E-state index in [0.717, 1.165) is 32.6 Å². The molecular formula is C29H27N5O2S2. The van der Waals surface area contributed by atoms with Gasteiger partial charge in [-0.3, -0.25) is 9.69 Å². The fourth-order valence-electron chi connectivity index (χ4n) is 4.25. The van der Waals surface area contributed by atoms with Crippen molar-refractivity contribution < 1.29 is 9.53 Å². The Hall–Kier alpha value is -3.87. The molecule has 7 nitrogen and oxygen atoms in total. The lowest BCUT2D eigenvalue weighted by Crippen LogP contribution is -2.29. The molecule has 0 aliphatic carbocycles. The number of amidine groups is 1. The highest BCUT2D eigenvalue weighted by Crippen LogP contribution is 2.51. The first-order chi connectivity index (χ1) is 18.5. The lowest BCUT2D eigenvalue weighted by Gasteiger charge is -2.17. The quantitative estimate of drug-likeness (QED) is 0.339. The zero-order chi connectivity index (χ0) is 26.6. The summed E-state index contributed by atoms with van der Waals surface area (Å²) in [6, 6.07) is 23.5. The van der Waals surface area contributed by atoms with Gasteiger partial charge in [-0.15, -0.1) is 0 Å². The standard InChI is InChI=1S/C29H27N5O2S2/c1-4-31-22-13-11-20(17-30)15-23(22)32-29-34(18-19-9-7-6-8-10-19)27(35)26(38-29)28-33(3)24-14-12-21(36-5-2)16-25(24)37-28/h6-16,31H,4-5,18H2,1-3H3/b28-26-,32-29+. The monoisotopic (exact) mass is 541 g/mol. The lowest BCUT2D eigenvalue weighted by molar-refractivity contribution is -0.122. The molecule has 1 fully saturated rings. The maximum atomic E-state index is 13.9. The van der Waals surface area contributed by atoms with Gasteiger partial charge in [0.1, 0.15) is 10.7 Å². The van der Waals surface area contributed by atoms with Crippen molar-refractivity contribution in [2.45, 2.75) is 25.3 Å². The molecule has 0 radical (unpaired) electrons. The number of anilines is 2. The molecule has 192 valence electrons. The van der Waals surface area contributed by atoms with Crippen molar-refractivity contribution >= 4 is 51.7 Å². The van der Waals surface area contributed by atoms with Gasteiger partial charge in [-0.05, 0) is 67.6 Å². The van der Waals surface area contributed by atoms with Gasteiger partial charge in [0.2, 0.25) is 0 Å². The normalized spacial score (nSPS) is 17.6. The summed E-state index contributed by atoms with van der Waals surface area (Å²) < 4.78 is 5.69. The zero-order valence-electron chi connectivity index (χ0n) is 21.4. The molecule has 3 aromatic rings. The molecule has 9 heteroatoms. The van der Waals surface area contributed by atoms with Crippen LogP contribution in [0.15, 0.2) is 86.6 Å². The number of aliphatic imine (C=N–C) groups is 1. The summed E-state index contributed by atoms with van der Waals surface area (Å²) in [5.41, 5.74) is 4.00. The second kappa shape index (κ2) is 11.3. The highest BCUT2D eigenvalue weighted by atomic mass is 32.2. The number of hydrogen-bond donors (Lipinski definition) is 1. The van der Waals surface area contributed by atoms with E-state index in [9.17, 15) is 10.1 Å². The van der Waals surface area contributed by atoms with Crippen molar-refractivity contribution in [3.05, 3.63) is 87.8 Å². The van der Waals surface area contributed by atoms with E-state index in [1.165, 1.54) is 11.8 Å². The van der Waals surface area contributed by atoms with Crippen LogP contribution < -0.4 is 15.0 Å². The maximum absolute atomic E-state index is 13.9. The number of fused-ring (bicyclic) bond motifs is 1. The number of carbonyl (C=O) groups is 1. The van der Waals surface area contributed by atoms with Gasteiger partial charge in [0.15, 0.2) is 5.17 Å². The Morgan fingerprint density at radius 2 is 1.87 bits per heavy atom. The Morgan fingerprint density at radius 1 is 1.05 bits per heavy atom. The number of amides is 1. The van der Waals surface area contributed by atoms with Crippen LogP contribution in [0.3, 0.4) is 0 Å². The average Bonchev–Trinajstić information content (AvgIpc) is 3.41. The molecule has 0 spiro atoms. The smallest absolute Gasteiger partial charge is 0.269 e. The second-order valence-corrected chi connectivity index (χ2v) is 10.6. The van der Waals surface area contributed by atoms with Crippen molar-refractivity contribution in [3.63, 3.8) is 0 Å². The minimum Gasteiger partial charge on any atom is -0.494 e. The third-order valence-corrected chi connectivity index (χ3v) is 8.48. The summed E-state index contributed by atoms with van der Waals surface area (Å²) in [6.45, 7) is 5.67. The molecular weight excluding hydrogens is 514 g/mol. The molecule has 0 bridgehead atoms. The van der Waals surface area contributed by atoms with Gasteiger partial charge in [0, 0.05) is 18.5 Å². The fraction of sp³-hybridized carbons (Fsp3) is 0.207. The Morgan fingerprint density at radius 3 is 2.61 bits per heavy atom. The van der Waals surface area contributed by atoms with E-state index in [4.69, 9.17) is 9.73 Å². The van der Waals surface area contributed by atoms with E-state index in [1.807, 2.05) is 75.5 Å². The highest BCUT2D eigenvalue weighted by Gasteiger charge is 2.39. The minimum absolute atomic E-state index is 0.0915. The van der Waals surface area contributed by atoms with Crippen molar-refractivity contribution in [2.75, 3.05) is 30.4 Å². The summed E-state index contributed by atoms with van der Waals surface area (Å²) in [4.78, 5) is 24.3. The third kappa shape index (κ3) is 5.10. The highest BCUT2D eigenvalue weighted by molar-refractivity contribution is 8.19. The van der Waals surface area contributed by atoms with Crippen LogP contribution in [0.1, 0.15) is 25.0 Å². The van der Waals surface area contributed by atoms with Gasteiger partial charge >= 0.3 is 0 Å². The molecule has 2 aliphatic heterocycles. The molecule has 0 atom stereocenters. The predicted octanol–water partition coefficient (Wildman–Crippen LogP) is 6.56. The number of rotatable bonds is 7. The van der Waals surface area contributed by atoms with Crippen molar-refractivity contribution in [3.8, 4) is 11.8 Å². The van der Waals surface area contributed by atoms with Crippen LogP contribution in [0, 0.1) is 11.3 Å². The number of nitriles is 1. The van der Waals surface area contributed by atoms with Crippen molar-refractivity contribution in [1.82, 2.24) is 4.90 Å². The Labute approximate surface area is 231 Å². The van der Waals surface area contributed by atoms with Crippen LogP contribution in [-0.4, -0.2) is 36.2 Å². The molecule has 1 saturated heterocycles. The summed E-state index contributed by atoms with van der Waals surface area (Å²) in [6.07, 6.45) is 0. The summed E-state index contributed by atoms with van der Waals surface area (Å²) in [5.74, 6) is 0.719. The van der Waals surface area contributed by atoms with Crippen molar-refractivity contribution in [2.24, 2.45) is 4.99 Å². The number of thioether (sulfide) groups is 2. The van der Waals surface area contributed by atoms with E-state index in [1.54, 1.807) is 28.8 Å². The molecule has 0 saturated carbocycles. The molecule has 5 rings (SSSR count). The van der Waals surface area contributed by atoms with E-state index >= 15 is 0 Å². The average molecular weight is 542 g/mol. The molecule has 0 aromatic heterocycles. The SMILES string of the molecule is CCNc1ccc(C#N)cc1/N=C1/S/C(=C2\Sc3cc(OCC)ccc3N2C)C(=O)N1Cc1ccccc1. The van der Waals surface area contributed by atoms with E-state index in [-0.39, 0.29) is 5.91 Å². The number of hydrogen-bond acceptors (Lipinski definition) is 8. The van der Waals surface area contributed by atoms with Crippen LogP contribution in [0.5, 0.6) is 5.75 Å². The second-order valence-electron chi connectivity index (χ2n) is 8.61. The van der Waals surface area contributed by atoms with E-state index in [2.05, 4.69) is 16.3 Å². The summed E-state index contributed by atoms with van der Waals surface area (Å²) >= 11 is 2.94. The van der Waals surface area contributed by atoms with Crippen LogP contribution in [0.2, 0.25) is 0 Å². The summed E-state index contributed by atoms with van der Waals surface area (Å²) in [5, 5.41) is 14.2. The lowest BCUT2D eigenvalue weighted by atomic mass is 10.2. The maximum Gasteiger partial charge on any atom is 0.269 e. The van der Waals surface area contributed by atoms with Crippen LogP contribution in [0.4, 0.5) is 17.1 Å². The number of carbonyl (C=O) groups excluding carboxylic acids is 1. The molecule has 0 unspecified atom stereocenters. The Bertz CT molecular complexity index is 1480. The minimum atomic E-state index is -0.0915. The first kappa shape index (κ1) is 25.8. The summed E-state index contributed by atoms with van der Waals surface area (Å²) in [7, 11) is 1.98. The predicted molar refractivity (Wildman–Crippen MR) is 156 cm³/mol. The van der Waals surface area contributed by atoms with Gasteiger partial charge in [0.25, 0.3) is 5.91 Å². The van der Waals surface area contributed by atoms with Gasteiger partial charge in [-0.25, -0.2) is 4.99 Å². The Kier molecular flexibility index (Phi) is 7.63. The van der Waals surface area contributed by atoms with Crippen LogP contribution in [-0.2, 0) is 11.3 Å². The number of nitrogens with one attached hydrogen (secondary N) is 1. The van der Waals surface area contributed by atoms with E-state index in [0.29, 0.717) is 41.0 Å². The molecule has 38 heavy (non-hydrogen) atoms. The van der Waals surface area contributed by atoms with Gasteiger partial charge in [-0.2, -0.15) is 5.26 Å². The van der Waals surface area contributed by atoms with E-state index < -0.39 is 0 Å². The molecule has 1 N–H and O–H groups in total. The van der Waals surface area contributed by atoms with Crippen molar-refractivity contribution in [1.29, 1.82) is 5.26 Å². The van der Waals surface area contributed by atoms with Gasteiger partial charge in [-0.1, -0.05) is 42.1 Å². The number of nitrogens with zero attached hydrogens (tertiary/aromatic N) is 4. The van der Waals surface area contributed by atoms with Crippen LogP contribution >= 0.6 is 23.5 Å². The molecule has 2 heterocycles. The topological polar surface area (TPSA) is 81.0 Å². The first-order valence-electron chi connectivity index (χ1n) is 12.4. The van der Waals surface area contributed by atoms with Gasteiger partial charge in [0.05, 0.1) is 46.9 Å².